The largest absolute Gasteiger partial charge is 0.497 e. The second-order valence-corrected chi connectivity index (χ2v) is 7.54. The second-order valence-electron chi connectivity index (χ2n) is 7.54. The smallest absolute Gasteiger partial charge is 0.343 e. The zero-order chi connectivity index (χ0) is 25.8. The van der Waals surface area contributed by atoms with Gasteiger partial charge in [0.05, 0.1) is 32.0 Å². The summed E-state index contributed by atoms with van der Waals surface area (Å²) in [6.07, 6.45) is 2.33. The van der Waals surface area contributed by atoms with E-state index < -0.39 is 11.9 Å². The number of ether oxygens (including phenoxy) is 3. The fourth-order valence-electron chi connectivity index (χ4n) is 2.92. The van der Waals surface area contributed by atoms with E-state index in [2.05, 4.69) is 15.8 Å². The lowest BCUT2D eigenvalue weighted by atomic mass is 10.2. The molecule has 0 heterocycles. The van der Waals surface area contributed by atoms with Crippen molar-refractivity contribution >= 4 is 24.0 Å². The van der Waals surface area contributed by atoms with E-state index >= 15 is 0 Å². The Kier molecular flexibility index (Phi) is 9.58. The summed E-state index contributed by atoms with van der Waals surface area (Å²) in [5.74, 6) is 0.346. The van der Waals surface area contributed by atoms with Gasteiger partial charge in [-0.05, 0) is 84.8 Å². The van der Waals surface area contributed by atoms with E-state index in [9.17, 15) is 14.4 Å². The molecule has 3 aromatic rings. The molecule has 0 saturated heterocycles. The van der Waals surface area contributed by atoms with Gasteiger partial charge in [-0.25, -0.2) is 10.2 Å². The number of methoxy groups -OCH3 is 1. The number of esters is 1. The number of benzene rings is 3. The zero-order valence-electron chi connectivity index (χ0n) is 20.0. The van der Waals surface area contributed by atoms with Crippen molar-refractivity contribution in [3.05, 3.63) is 89.5 Å². The molecule has 0 unspecified atom stereocenters. The van der Waals surface area contributed by atoms with E-state index in [0.29, 0.717) is 40.5 Å². The van der Waals surface area contributed by atoms with Crippen LogP contribution in [0.3, 0.4) is 0 Å². The Bertz CT molecular complexity index is 1190. The van der Waals surface area contributed by atoms with Crippen molar-refractivity contribution in [1.82, 2.24) is 10.7 Å². The monoisotopic (exact) mass is 489 g/mol. The number of amides is 2. The molecule has 36 heavy (non-hydrogen) atoms. The maximum absolute atomic E-state index is 12.2. The molecule has 3 rings (SSSR count). The molecule has 0 saturated carbocycles. The normalized spacial score (nSPS) is 10.5. The van der Waals surface area contributed by atoms with Gasteiger partial charge in [-0.1, -0.05) is 6.92 Å². The standard InChI is InChI=1S/C27H27N3O6/c1-3-16-35-23-14-6-20(7-15-23)26(32)28-18-25(31)30-29-17-19-4-10-24(11-5-19)36-27(33)21-8-12-22(34-2)13-9-21/h4-15,17H,3,16,18H2,1-2H3,(H,28,32)(H,30,31). The molecule has 0 atom stereocenters. The van der Waals surface area contributed by atoms with E-state index in [1.807, 2.05) is 6.92 Å². The first-order valence-corrected chi connectivity index (χ1v) is 11.3. The molecule has 0 spiro atoms. The molecule has 0 aliphatic carbocycles. The van der Waals surface area contributed by atoms with Gasteiger partial charge in [-0.3, -0.25) is 9.59 Å². The van der Waals surface area contributed by atoms with Crippen LogP contribution < -0.4 is 25.0 Å². The van der Waals surface area contributed by atoms with E-state index in [-0.39, 0.29) is 12.5 Å². The first-order valence-electron chi connectivity index (χ1n) is 11.3. The lowest BCUT2D eigenvalue weighted by Gasteiger charge is -2.07. The van der Waals surface area contributed by atoms with E-state index in [1.165, 1.54) is 6.21 Å². The van der Waals surface area contributed by atoms with Crippen LogP contribution in [0.4, 0.5) is 0 Å². The van der Waals surface area contributed by atoms with Gasteiger partial charge in [0.2, 0.25) is 0 Å². The third-order valence-electron chi connectivity index (χ3n) is 4.82. The van der Waals surface area contributed by atoms with Crippen LogP contribution in [0.5, 0.6) is 17.2 Å². The van der Waals surface area contributed by atoms with Gasteiger partial charge >= 0.3 is 5.97 Å². The van der Waals surface area contributed by atoms with Crippen LogP contribution in [0.15, 0.2) is 77.9 Å². The van der Waals surface area contributed by atoms with Gasteiger partial charge in [-0.2, -0.15) is 5.10 Å². The average Bonchev–Trinajstić information content (AvgIpc) is 2.91. The zero-order valence-corrected chi connectivity index (χ0v) is 20.0. The van der Waals surface area contributed by atoms with Crippen LogP contribution in [-0.2, 0) is 4.79 Å². The molecule has 0 aliphatic rings. The quantitative estimate of drug-likeness (QED) is 0.184. The topological polar surface area (TPSA) is 115 Å². The lowest BCUT2D eigenvalue weighted by molar-refractivity contribution is -0.120. The van der Waals surface area contributed by atoms with Gasteiger partial charge in [0.15, 0.2) is 0 Å². The fourth-order valence-corrected chi connectivity index (χ4v) is 2.92. The number of hydrogen-bond donors (Lipinski definition) is 2. The molecular weight excluding hydrogens is 462 g/mol. The number of hydrazone groups is 1. The van der Waals surface area contributed by atoms with Crippen LogP contribution in [0, 0.1) is 0 Å². The predicted molar refractivity (Wildman–Crippen MR) is 135 cm³/mol. The summed E-state index contributed by atoms with van der Waals surface area (Å²) in [6.45, 7) is 2.39. The number of carbonyl (C=O) groups excluding carboxylic acids is 3. The molecule has 0 aromatic heterocycles. The summed E-state index contributed by atoms with van der Waals surface area (Å²) in [5, 5.41) is 6.41. The molecular formula is C27H27N3O6. The first kappa shape index (κ1) is 26.0. The highest BCUT2D eigenvalue weighted by Crippen LogP contribution is 2.16. The molecule has 9 heteroatoms. The molecule has 9 nitrogen and oxygen atoms in total. The summed E-state index contributed by atoms with van der Waals surface area (Å²) in [7, 11) is 1.55. The Morgan fingerprint density at radius 2 is 1.44 bits per heavy atom. The molecule has 0 radical (unpaired) electrons. The Balaban J connectivity index is 1.41. The van der Waals surface area contributed by atoms with Crippen molar-refractivity contribution in [2.45, 2.75) is 13.3 Å². The molecule has 0 bridgehead atoms. The minimum Gasteiger partial charge on any atom is -0.497 e. The highest BCUT2D eigenvalue weighted by Gasteiger charge is 2.09. The van der Waals surface area contributed by atoms with Gasteiger partial charge in [-0.15, -0.1) is 0 Å². The third-order valence-corrected chi connectivity index (χ3v) is 4.82. The molecule has 0 fully saturated rings. The Hall–Kier alpha value is -4.66. The first-order chi connectivity index (χ1) is 17.5. The van der Waals surface area contributed by atoms with E-state index in [1.54, 1.807) is 79.9 Å². The van der Waals surface area contributed by atoms with Crippen molar-refractivity contribution in [3.63, 3.8) is 0 Å². The van der Waals surface area contributed by atoms with Crippen LogP contribution in [-0.4, -0.2) is 44.3 Å². The van der Waals surface area contributed by atoms with Gasteiger partial charge in [0.25, 0.3) is 11.8 Å². The van der Waals surface area contributed by atoms with Gasteiger partial charge < -0.3 is 19.5 Å². The van der Waals surface area contributed by atoms with Gasteiger partial charge in [0.1, 0.15) is 17.2 Å². The SMILES string of the molecule is CCCOc1ccc(C(=O)NCC(=O)NN=Cc2ccc(OC(=O)c3ccc(OC)cc3)cc2)cc1. The number of carbonyl (C=O) groups is 3. The molecule has 2 N–H and O–H groups in total. The number of rotatable bonds is 11. The Labute approximate surface area is 209 Å². The third kappa shape index (κ3) is 7.98. The highest BCUT2D eigenvalue weighted by atomic mass is 16.5. The highest BCUT2D eigenvalue weighted by molar-refractivity contribution is 5.96. The summed E-state index contributed by atoms with van der Waals surface area (Å²) in [4.78, 5) is 36.4. The second kappa shape index (κ2) is 13.3. The molecule has 2 amide bonds. The molecule has 3 aromatic carbocycles. The van der Waals surface area contributed by atoms with E-state index in [0.717, 1.165) is 6.42 Å². The number of nitrogens with zero attached hydrogens (tertiary/aromatic N) is 1. The number of hydrogen-bond acceptors (Lipinski definition) is 7. The van der Waals surface area contributed by atoms with Crippen molar-refractivity contribution in [2.24, 2.45) is 5.10 Å². The predicted octanol–water partition coefficient (Wildman–Crippen LogP) is 3.58. The summed E-state index contributed by atoms with van der Waals surface area (Å²) >= 11 is 0. The van der Waals surface area contributed by atoms with Crippen LogP contribution >= 0.6 is 0 Å². The van der Waals surface area contributed by atoms with Gasteiger partial charge in [0, 0.05) is 5.56 Å². The van der Waals surface area contributed by atoms with Crippen LogP contribution in [0.1, 0.15) is 39.6 Å². The molecule has 186 valence electrons. The maximum atomic E-state index is 12.2. The Morgan fingerprint density at radius 3 is 2.08 bits per heavy atom. The summed E-state index contributed by atoms with van der Waals surface area (Å²) in [5.41, 5.74) is 3.84. The van der Waals surface area contributed by atoms with Crippen molar-refractivity contribution < 1.29 is 28.6 Å². The minimum absolute atomic E-state index is 0.232. The Morgan fingerprint density at radius 1 is 0.833 bits per heavy atom. The van der Waals surface area contributed by atoms with Crippen molar-refractivity contribution in [3.8, 4) is 17.2 Å². The minimum atomic E-state index is -0.492. The number of nitrogens with one attached hydrogen (secondary N) is 2. The fraction of sp³-hybridized carbons (Fsp3) is 0.185. The van der Waals surface area contributed by atoms with Crippen molar-refractivity contribution in [1.29, 1.82) is 0 Å². The molecule has 0 aliphatic heterocycles. The summed E-state index contributed by atoms with van der Waals surface area (Å²) < 4.78 is 15.9. The lowest BCUT2D eigenvalue weighted by Crippen LogP contribution is -2.34. The van der Waals surface area contributed by atoms with Crippen LogP contribution in [0.2, 0.25) is 0 Å². The summed E-state index contributed by atoms with van der Waals surface area (Å²) in [6, 6.07) is 19.9. The average molecular weight is 490 g/mol. The maximum Gasteiger partial charge on any atom is 0.343 e. The van der Waals surface area contributed by atoms with Crippen molar-refractivity contribution in [2.75, 3.05) is 20.3 Å². The van der Waals surface area contributed by atoms with E-state index in [4.69, 9.17) is 14.2 Å². The van der Waals surface area contributed by atoms with Crippen LogP contribution in [0.25, 0.3) is 0 Å².